The van der Waals surface area contributed by atoms with E-state index in [-0.39, 0.29) is 11.8 Å². The first-order valence-electron chi connectivity index (χ1n) is 14.3. The lowest BCUT2D eigenvalue weighted by molar-refractivity contribution is -0.127. The Labute approximate surface area is 232 Å². The second-order valence-electron chi connectivity index (χ2n) is 10.2. The van der Waals surface area contributed by atoms with Gasteiger partial charge in [0.2, 0.25) is 11.8 Å². The number of allylic oxidation sites excluding steroid dienone is 1. The Morgan fingerprint density at radius 3 is 2.13 bits per heavy atom. The van der Waals surface area contributed by atoms with Gasteiger partial charge in [0.1, 0.15) is 5.75 Å². The summed E-state index contributed by atoms with van der Waals surface area (Å²) in [5, 5.41) is 2.93. The van der Waals surface area contributed by atoms with Crippen LogP contribution in [-0.2, 0) is 29.1 Å². The average Bonchev–Trinajstić information content (AvgIpc) is 2.96. The van der Waals surface area contributed by atoms with E-state index in [4.69, 9.17) is 4.74 Å². The number of ether oxygens (including phenoxy) is 1. The van der Waals surface area contributed by atoms with E-state index in [0.717, 1.165) is 54.7 Å². The quantitative estimate of drug-likeness (QED) is 0.166. The summed E-state index contributed by atoms with van der Waals surface area (Å²) >= 11 is 0. The highest BCUT2D eigenvalue weighted by atomic mass is 16.5. The van der Waals surface area contributed by atoms with Crippen LogP contribution in [-0.4, -0.2) is 23.3 Å². The van der Waals surface area contributed by atoms with Crippen molar-refractivity contribution in [1.29, 1.82) is 0 Å². The Balaban J connectivity index is 1.08. The number of anilines is 1. The van der Waals surface area contributed by atoms with Crippen molar-refractivity contribution in [2.45, 2.75) is 70.9 Å². The lowest BCUT2D eigenvalue weighted by Crippen LogP contribution is -2.28. The van der Waals surface area contributed by atoms with Crippen LogP contribution in [0, 0.1) is 0 Å². The molecule has 4 rings (SSSR count). The topological polar surface area (TPSA) is 58.6 Å². The summed E-state index contributed by atoms with van der Waals surface area (Å²) in [4.78, 5) is 26.5. The van der Waals surface area contributed by atoms with E-state index in [1.54, 1.807) is 6.08 Å². The molecule has 0 saturated heterocycles. The van der Waals surface area contributed by atoms with Gasteiger partial charge in [0.15, 0.2) is 0 Å². The molecule has 0 spiro atoms. The van der Waals surface area contributed by atoms with Crippen LogP contribution >= 0.6 is 0 Å². The molecule has 1 aliphatic heterocycles. The Hall–Kier alpha value is -3.86. The number of amides is 2. The Bertz CT molecular complexity index is 1170. The highest BCUT2D eigenvalue weighted by Crippen LogP contribution is 2.27. The van der Waals surface area contributed by atoms with Crippen LogP contribution in [0.15, 0.2) is 91.0 Å². The zero-order chi connectivity index (χ0) is 27.1. The molecule has 0 atom stereocenters. The monoisotopic (exact) mass is 524 g/mol. The molecule has 0 radical (unpaired) electrons. The largest absolute Gasteiger partial charge is 0.494 e. The third-order valence-corrected chi connectivity index (χ3v) is 7.02. The van der Waals surface area contributed by atoms with Gasteiger partial charge in [-0.1, -0.05) is 98.5 Å². The molecule has 1 N–H and O–H groups in total. The van der Waals surface area contributed by atoms with Gasteiger partial charge in [-0.25, -0.2) is 0 Å². The molecule has 0 aliphatic carbocycles. The number of unbranched alkanes of at least 4 members (excludes halogenated alkanes) is 6. The molecule has 0 saturated carbocycles. The van der Waals surface area contributed by atoms with Gasteiger partial charge in [-0.15, -0.1) is 0 Å². The van der Waals surface area contributed by atoms with E-state index < -0.39 is 0 Å². The number of nitrogens with zero attached hydrogens (tertiary/aromatic N) is 1. The molecule has 1 aliphatic rings. The first-order chi connectivity index (χ1) is 19.2. The maximum Gasteiger partial charge on any atom is 0.246 e. The molecule has 0 unspecified atom stereocenters. The van der Waals surface area contributed by atoms with E-state index in [9.17, 15) is 9.59 Å². The fourth-order valence-electron chi connectivity index (χ4n) is 4.81. The van der Waals surface area contributed by atoms with Crippen molar-refractivity contribution in [3.8, 4) is 5.75 Å². The molecule has 3 aromatic rings. The maximum atomic E-state index is 13.0. The third kappa shape index (κ3) is 9.75. The minimum absolute atomic E-state index is 0.0593. The van der Waals surface area contributed by atoms with E-state index in [2.05, 4.69) is 35.6 Å². The summed E-state index contributed by atoms with van der Waals surface area (Å²) < 4.78 is 5.89. The summed E-state index contributed by atoms with van der Waals surface area (Å²) in [5.41, 5.74) is 4.34. The summed E-state index contributed by atoms with van der Waals surface area (Å²) in [6.45, 7) is 1.90. The van der Waals surface area contributed by atoms with Gasteiger partial charge in [-0.05, 0) is 54.5 Å². The van der Waals surface area contributed by atoms with Crippen molar-refractivity contribution in [2.24, 2.45) is 0 Å². The molecule has 0 fully saturated rings. The fourth-order valence-corrected chi connectivity index (χ4v) is 4.81. The van der Waals surface area contributed by atoms with Gasteiger partial charge < -0.3 is 15.0 Å². The van der Waals surface area contributed by atoms with Crippen LogP contribution in [0.4, 0.5) is 5.69 Å². The van der Waals surface area contributed by atoms with Crippen molar-refractivity contribution in [2.75, 3.05) is 11.9 Å². The van der Waals surface area contributed by atoms with Crippen molar-refractivity contribution >= 4 is 17.5 Å². The Kier molecular flexibility index (Phi) is 11.2. The molecular weight excluding hydrogens is 484 g/mol. The normalized spacial score (nSPS) is 12.7. The van der Waals surface area contributed by atoms with Crippen molar-refractivity contribution in [3.63, 3.8) is 0 Å². The van der Waals surface area contributed by atoms with E-state index in [1.165, 1.54) is 24.8 Å². The summed E-state index contributed by atoms with van der Waals surface area (Å²) in [6.07, 6.45) is 12.9. The van der Waals surface area contributed by atoms with E-state index in [0.29, 0.717) is 26.1 Å². The highest BCUT2D eigenvalue weighted by Gasteiger charge is 2.15. The smallest absolute Gasteiger partial charge is 0.246 e. The Morgan fingerprint density at radius 1 is 0.795 bits per heavy atom. The number of hydrogen-bond acceptors (Lipinski definition) is 3. The van der Waals surface area contributed by atoms with Crippen LogP contribution in [0.1, 0.15) is 68.1 Å². The SMILES string of the molecule is O=C1CCc2ccc(OCCCCCCCC/C=C/C(=O)N(Cc3ccccc3)Cc3ccccc3)cc2N1. The number of fused-ring (bicyclic) bond motifs is 1. The van der Waals surface area contributed by atoms with Gasteiger partial charge in [0.05, 0.1) is 6.61 Å². The fraction of sp³-hybridized carbons (Fsp3) is 0.353. The minimum Gasteiger partial charge on any atom is -0.494 e. The predicted molar refractivity (Wildman–Crippen MR) is 157 cm³/mol. The van der Waals surface area contributed by atoms with Crippen LogP contribution in [0.2, 0.25) is 0 Å². The third-order valence-electron chi connectivity index (χ3n) is 7.02. The summed E-state index contributed by atoms with van der Waals surface area (Å²) in [5.74, 6) is 0.960. The van der Waals surface area contributed by atoms with E-state index in [1.807, 2.05) is 59.5 Å². The standard InChI is InChI=1S/C34H40N2O3/c37-33-23-21-30-20-22-31(25-32(30)35-33)39-24-14-6-4-2-1-3-5-13-19-34(38)36(26-28-15-9-7-10-16-28)27-29-17-11-8-12-18-29/h7-13,15-20,22,25H,1-6,14,21,23-24,26-27H2,(H,35,37)/b19-13+. The number of carbonyl (C=O) groups is 2. The second kappa shape index (κ2) is 15.5. The van der Waals surface area contributed by atoms with Crippen LogP contribution < -0.4 is 10.1 Å². The lowest BCUT2D eigenvalue weighted by atomic mass is 10.0. The van der Waals surface area contributed by atoms with Crippen LogP contribution in [0.5, 0.6) is 5.75 Å². The number of aryl methyl sites for hydroxylation is 1. The number of benzene rings is 3. The lowest BCUT2D eigenvalue weighted by Gasteiger charge is -2.21. The predicted octanol–water partition coefficient (Wildman–Crippen LogP) is 7.47. The zero-order valence-corrected chi connectivity index (χ0v) is 22.8. The van der Waals surface area contributed by atoms with Crippen molar-refractivity contribution in [1.82, 2.24) is 4.90 Å². The molecule has 39 heavy (non-hydrogen) atoms. The van der Waals surface area contributed by atoms with Crippen molar-refractivity contribution < 1.29 is 14.3 Å². The molecule has 2 amide bonds. The molecule has 5 heteroatoms. The number of nitrogens with one attached hydrogen (secondary N) is 1. The van der Waals surface area contributed by atoms with Gasteiger partial charge >= 0.3 is 0 Å². The maximum absolute atomic E-state index is 13.0. The minimum atomic E-state index is 0.0593. The number of rotatable bonds is 15. The molecular formula is C34H40N2O3. The van der Waals surface area contributed by atoms with Gasteiger partial charge in [-0.2, -0.15) is 0 Å². The first-order valence-corrected chi connectivity index (χ1v) is 14.3. The molecule has 0 aromatic heterocycles. The Morgan fingerprint density at radius 2 is 1.44 bits per heavy atom. The van der Waals surface area contributed by atoms with E-state index >= 15 is 0 Å². The molecule has 5 nitrogen and oxygen atoms in total. The highest BCUT2D eigenvalue weighted by molar-refractivity contribution is 5.94. The van der Waals surface area contributed by atoms with Crippen LogP contribution in [0.3, 0.4) is 0 Å². The average molecular weight is 525 g/mol. The van der Waals surface area contributed by atoms with Crippen molar-refractivity contribution in [3.05, 3.63) is 108 Å². The first kappa shape index (κ1) is 28.2. The molecule has 0 bridgehead atoms. The van der Waals surface area contributed by atoms with Crippen LogP contribution in [0.25, 0.3) is 0 Å². The summed E-state index contributed by atoms with van der Waals surface area (Å²) in [7, 11) is 0. The number of hydrogen-bond donors (Lipinski definition) is 1. The number of carbonyl (C=O) groups excluding carboxylic acids is 2. The molecule has 204 valence electrons. The van der Waals surface area contributed by atoms with Gasteiger partial charge in [-0.3, -0.25) is 9.59 Å². The second-order valence-corrected chi connectivity index (χ2v) is 10.2. The molecule has 3 aromatic carbocycles. The van der Waals surface area contributed by atoms with Gasteiger partial charge in [0.25, 0.3) is 0 Å². The zero-order valence-electron chi connectivity index (χ0n) is 22.8. The summed E-state index contributed by atoms with van der Waals surface area (Å²) in [6, 6.07) is 26.3. The molecule has 1 heterocycles. The van der Waals surface area contributed by atoms with Gasteiger partial charge in [0, 0.05) is 31.3 Å².